The molecule has 0 spiro atoms. The number of H-pyrrole nitrogens is 1. The Kier molecular flexibility index (Phi) is 4.93. The van der Waals surface area contributed by atoms with Gasteiger partial charge in [0, 0.05) is 16.6 Å². The molecule has 1 amide bonds. The van der Waals surface area contributed by atoms with Gasteiger partial charge in [-0.25, -0.2) is 0 Å². The molecule has 0 aliphatic carbocycles. The van der Waals surface area contributed by atoms with E-state index in [2.05, 4.69) is 10.3 Å². The molecular weight excluding hydrogens is 409 g/mol. The summed E-state index contributed by atoms with van der Waals surface area (Å²) in [6, 6.07) is 11.1. The lowest BCUT2D eigenvalue weighted by molar-refractivity contribution is -0.137. The monoisotopic (exact) mass is 430 g/mol. The number of amides is 1. The molecule has 2 aromatic carbocycles. The first-order valence-corrected chi connectivity index (χ1v) is 9.81. The second-order valence-corrected chi connectivity index (χ2v) is 8.41. The van der Waals surface area contributed by atoms with Gasteiger partial charge in [-0.1, -0.05) is 30.3 Å². The fourth-order valence-corrected chi connectivity index (χ4v) is 4.03. The maximum atomic E-state index is 13.4. The zero-order chi connectivity index (χ0) is 22.6. The van der Waals surface area contributed by atoms with Crippen LogP contribution in [0.2, 0.25) is 0 Å². The van der Waals surface area contributed by atoms with Crippen LogP contribution in [0.5, 0.6) is 0 Å². The molecular formula is C23H21F3N2O3. The predicted octanol–water partition coefficient (Wildman–Crippen LogP) is 3.96. The summed E-state index contributed by atoms with van der Waals surface area (Å²) in [5.74, 6) is -0.760. The highest BCUT2D eigenvalue weighted by molar-refractivity contribution is 5.90. The van der Waals surface area contributed by atoms with E-state index in [4.69, 9.17) is 0 Å². The first kappa shape index (κ1) is 21.1. The van der Waals surface area contributed by atoms with Crippen molar-refractivity contribution in [3.05, 3.63) is 70.0 Å². The Morgan fingerprint density at radius 1 is 1.03 bits per heavy atom. The standard InChI is InChI=1S/C23H21F3N2O3/c1-22(2,31)19-11-16(21(30)28-19)12-7-8-13-10-18(27-20(29)15(13)9-12)14-5-3-4-6-17(14)23(24,25)26/h3-10,16,19,31H,11H2,1-2H3,(H,27,29)(H,28,30)/t16-,19?/m0/s1. The van der Waals surface area contributed by atoms with Crippen LogP contribution in [0.4, 0.5) is 13.2 Å². The van der Waals surface area contributed by atoms with Crippen molar-refractivity contribution in [2.45, 2.75) is 44.0 Å². The van der Waals surface area contributed by atoms with Crippen LogP contribution in [0.25, 0.3) is 22.0 Å². The van der Waals surface area contributed by atoms with Gasteiger partial charge in [-0.2, -0.15) is 13.2 Å². The first-order chi connectivity index (χ1) is 14.4. The van der Waals surface area contributed by atoms with E-state index in [0.717, 1.165) is 6.07 Å². The van der Waals surface area contributed by atoms with Gasteiger partial charge in [-0.05, 0) is 49.4 Å². The molecule has 162 valence electrons. The van der Waals surface area contributed by atoms with Crippen LogP contribution in [0.15, 0.2) is 53.3 Å². The highest BCUT2D eigenvalue weighted by Crippen LogP contribution is 2.37. The molecule has 0 radical (unpaired) electrons. The Morgan fingerprint density at radius 3 is 2.39 bits per heavy atom. The predicted molar refractivity (Wildman–Crippen MR) is 111 cm³/mol. The molecule has 5 nitrogen and oxygen atoms in total. The molecule has 1 fully saturated rings. The van der Waals surface area contributed by atoms with Crippen LogP contribution in [0, 0.1) is 0 Å². The number of benzene rings is 2. The number of fused-ring (bicyclic) bond motifs is 1. The van der Waals surface area contributed by atoms with Crippen molar-refractivity contribution >= 4 is 16.7 Å². The second-order valence-electron chi connectivity index (χ2n) is 8.41. The molecule has 1 unspecified atom stereocenters. The van der Waals surface area contributed by atoms with Crippen molar-refractivity contribution in [1.82, 2.24) is 10.3 Å². The number of nitrogens with one attached hydrogen (secondary N) is 2. The Labute approximate surface area is 175 Å². The normalized spacial score (nSPS) is 19.6. The van der Waals surface area contributed by atoms with E-state index in [0.29, 0.717) is 17.4 Å². The Bertz CT molecular complexity index is 1230. The number of hydrogen-bond donors (Lipinski definition) is 3. The van der Waals surface area contributed by atoms with Gasteiger partial charge in [0.1, 0.15) is 0 Å². The van der Waals surface area contributed by atoms with E-state index in [1.54, 1.807) is 32.0 Å². The number of rotatable bonds is 3. The Morgan fingerprint density at radius 2 is 1.74 bits per heavy atom. The highest BCUT2D eigenvalue weighted by atomic mass is 19.4. The van der Waals surface area contributed by atoms with Crippen molar-refractivity contribution in [3.8, 4) is 11.3 Å². The molecule has 0 bridgehead atoms. The van der Waals surface area contributed by atoms with Crippen LogP contribution in [0.3, 0.4) is 0 Å². The number of carbonyl (C=O) groups excluding carboxylic acids is 1. The third-order valence-electron chi connectivity index (χ3n) is 5.75. The summed E-state index contributed by atoms with van der Waals surface area (Å²) in [7, 11) is 0. The number of halogens is 3. The van der Waals surface area contributed by atoms with Crippen LogP contribution in [-0.4, -0.2) is 27.6 Å². The van der Waals surface area contributed by atoms with Crippen LogP contribution < -0.4 is 10.9 Å². The zero-order valence-corrected chi connectivity index (χ0v) is 16.9. The molecule has 1 aliphatic heterocycles. The summed E-state index contributed by atoms with van der Waals surface area (Å²) >= 11 is 0. The van der Waals surface area contributed by atoms with Gasteiger partial charge in [0.15, 0.2) is 0 Å². The third kappa shape index (κ3) is 3.95. The summed E-state index contributed by atoms with van der Waals surface area (Å²) < 4.78 is 40.1. The molecule has 1 aliphatic rings. The van der Waals surface area contributed by atoms with Crippen molar-refractivity contribution in [2.24, 2.45) is 0 Å². The summed E-state index contributed by atoms with van der Waals surface area (Å²) in [5.41, 5.74) is -1.88. The van der Waals surface area contributed by atoms with E-state index >= 15 is 0 Å². The minimum Gasteiger partial charge on any atom is -0.388 e. The molecule has 1 saturated heterocycles. The summed E-state index contributed by atoms with van der Waals surface area (Å²) in [6.45, 7) is 3.23. The number of hydrogen-bond acceptors (Lipinski definition) is 3. The molecule has 31 heavy (non-hydrogen) atoms. The van der Waals surface area contributed by atoms with Crippen molar-refractivity contribution in [1.29, 1.82) is 0 Å². The molecule has 2 atom stereocenters. The summed E-state index contributed by atoms with van der Waals surface area (Å²) in [4.78, 5) is 27.7. The molecule has 2 heterocycles. The summed E-state index contributed by atoms with van der Waals surface area (Å²) in [5, 5.41) is 13.7. The zero-order valence-electron chi connectivity index (χ0n) is 16.9. The highest BCUT2D eigenvalue weighted by Gasteiger charge is 2.40. The van der Waals surface area contributed by atoms with E-state index in [1.807, 2.05) is 0 Å². The largest absolute Gasteiger partial charge is 0.417 e. The SMILES string of the molecule is CC(C)(O)C1C[C@@H](c2ccc3cc(-c4ccccc4C(F)(F)F)[nH]c(=O)c3c2)C(=O)N1. The van der Waals surface area contributed by atoms with Crippen molar-refractivity contribution in [3.63, 3.8) is 0 Å². The van der Waals surface area contributed by atoms with Crippen molar-refractivity contribution in [2.75, 3.05) is 0 Å². The van der Waals surface area contributed by atoms with E-state index in [1.165, 1.54) is 24.3 Å². The maximum absolute atomic E-state index is 13.4. The average Bonchev–Trinajstić information content (AvgIpc) is 3.09. The number of aliphatic hydroxyl groups is 1. The van der Waals surface area contributed by atoms with Gasteiger partial charge in [0.25, 0.3) is 5.56 Å². The maximum Gasteiger partial charge on any atom is 0.417 e. The molecule has 1 aromatic heterocycles. The van der Waals surface area contributed by atoms with Gasteiger partial charge < -0.3 is 15.4 Å². The quantitative estimate of drug-likeness (QED) is 0.588. The van der Waals surface area contributed by atoms with E-state index in [9.17, 15) is 27.9 Å². The minimum absolute atomic E-state index is 0.0684. The molecule has 4 rings (SSSR count). The lowest BCUT2D eigenvalue weighted by Gasteiger charge is -2.25. The molecule has 0 saturated carbocycles. The molecule has 3 aromatic rings. The second kappa shape index (κ2) is 7.23. The lowest BCUT2D eigenvalue weighted by Crippen LogP contribution is -2.43. The number of carbonyl (C=O) groups is 1. The third-order valence-corrected chi connectivity index (χ3v) is 5.75. The first-order valence-electron chi connectivity index (χ1n) is 9.81. The lowest BCUT2D eigenvalue weighted by atomic mass is 9.89. The molecule has 8 heteroatoms. The van der Waals surface area contributed by atoms with Gasteiger partial charge in [0.05, 0.1) is 23.1 Å². The van der Waals surface area contributed by atoms with Crippen molar-refractivity contribution < 1.29 is 23.1 Å². The Balaban J connectivity index is 1.76. The van der Waals surface area contributed by atoms with Crippen LogP contribution in [-0.2, 0) is 11.0 Å². The fourth-order valence-electron chi connectivity index (χ4n) is 4.03. The smallest absolute Gasteiger partial charge is 0.388 e. The number of alkyl halides is 3. The number of aromatic amines is 1. The minimum atomic E-state index is -4.56. The van der Waals surface area contributed by atoms with Crippen LogP contribution >= 0.6 is 0 Å². The van der Waals surface area contributed by atoms with Gasteiger partial charge >= 0.3 is 6.18 Å². The topological polar surface area (TPSA) is 82.2 Å². The van der Waals surface area contributed by atoms with Gasteiger partial charge in [0.2, 0.25) is 5.91 Å². The fraction of sp³-hybridized carbons (Fsp3) is 0.304. The van der Waals surface area contributed by atoms with Gasteiger partial charge in [-0.3, -0.25) is 9.59 Å². The average molecular weight is 430 g/mol. The number of aromatic nitrogens is 1. The van der Waals surface area contributed by atoms with E-state index in [-0.39, 0.29) is 22.6 Å². The van der Waals surface area contributed by atoms with Crippen LogP contribution in [0.1, 0.15) is 37.3 Å². The molecule has 3 N–H and O–H groups in total. The number of pyridine rings is 1. The Hall–Kier alpha value is -3.13. The van der Waals surface area contributed by atoms with Gasteiger partial charge in [-0.15, -0.1) is 0 Å². The van der Waals surface area contributed by atoms with E-state index < -0.39 is 34.9 Å². The summed E-state index contributed by atoms with van der Waals surface area (Å²) in [6.07, 6.45) is -4.18.